The van der Waals surface area contributed by atoms with Crippen LogP contribution in [0.2, 0.25) is 0 Å². The SMILES string of the molecule is OC1C2CC2C2C3CC(C4CC5OC5CC43)C12. The van der Waals surface area contributed by atoms with Crippen molar-refractivity contribution in [2.45, 2.75) is 44.0 Å². The van der Waals surface area contributed by atoms with Crippen LogP contribution in [-0.4, -0.2) is 23.4 Å². The monoisotopic (exact) mass is 232 g/mol. The zero-order chi connectivity index (χ0) is 10.9. The maximum atomic E-state index is 10.5. The molecule has 17 heavy (non-hydrogen) atoms. The van der Waals surface area contributed by atoms with Gasteiger partial charge in [-0.1, -0.05) is 0 Å². The average Bonchev–Trinajstić information content (AvgIpc) is 3.18. The molecule has 1 saturated heterocycles. The molecule has 11 unspecified atom stereocenters. The molecule has 6 rings (SSSR count). The van der Waals surface area contributed by atoms with Crippen LogP contribution in [0.3, 0.4) is 0 Å². The van der Waals surface area contributed by atoms with Crippen molar-refractivity contribution in [1.29, 1.82) is 0 Å². The molecule has 0 radical (unpaired) electrons. The summed E-state index contributed by atoms with van der Waals surface area (Å²) < 4.78 is 5.76. The highest BCUT2D eigenvalue weighted by Crippen LogP contribution is 2.74. The fraction of sp³-hybridized carbons (Fsp3) is 1.00. The van der Waals surface area contributed by atoms with Crippen molar-refractivity contribution in [3.05, 3.63) is 0 Å². The first kappa shape index (κ1) is 8.92. The molecule has 2 heteroatoms. The lowest BCUT2D eigenvalue weighted by Gasteiger charge is -2.42. The highest BCUT2D eigenvalue weighted by atomic mass is 16.6. The van der Waals surface area contributed by atoms with Crippen LogP contribution in [0.25, 0.3) is 0 Å². The molecule has 11 atom stereocenters. The average molecular weight is 232 g/mol. The number of fused-ring (bicyclic) bond motifs is 11. The number of aliphatic hydroxyl groups excluding tert-OH is 1. The van der Waals surface area contributed by atoms with E-state index in [9.17, 15) is 5.11 Å². The van der Waals surface area contributed by atoms with Crippen LogP contribution >= 0.6 is 0 Å². The van der Waals surface area contributed by atoms with Gasteiger partial charge in [-0.15, -0.1) is 0 Å². The molecule has 0 aromatic heterocycles. The highest BCUT2D eigenvalue weighted by molar-refractivity contribution is 5.20. The van der Waals surface area contributed by atoms with Crippen LogP contribution in [0.1, 0.15) is 25.7 Å². The second-order valence-corrected chi connectivity index (χ2v) is 7.78. The van der Waals surface area contributed by atoms with E-state index in [-0.39, 0.29) is 6.10 Å². The molecule has 0 aromatic carbocycles. The van der Waals surface area contributed by atoms with Gasteiger partial charge in [-0.05, 0) is 73.0 Å². The maximum absolute atomic E-state index is 10.5. The molecular weight excluding hydrogens is 212 g/mol. The fourth-order valence-corrected chi connectivity index (χ4v) is 7.02. The normalized spacial score (nSPS) is 77.1. The van der Waals surface area contributed by atoms with Crippen molar-refractivity contribution < 1.29 is 9.84 Å². The van der Waals surface area contributed by atoms with E-state index in [1.807, 2.05) is 0 Å². The summed E-state index contributed by atoms with van der Waals surface area (Å²) in [7, 11) is 0. The number of rotatable bonds is 0. The van der Waals surface area contributed by atoms with Gasteiger partial charge in [0.15, 0.2) is 0 Å². The van der Waals surface area contributed by atoms with Gasteiger partial charge in [-0.2, -0.15) is 0 Å². The van der Waals surface area contributed by atoms with Gasteiger partial charge in [0.25, 0.3) is 0 Å². The van der Waals surface area contributed by atoms with Crippen LogP contribution < -0.4 is 0 Å². The summed E-state index contributed by atoms with van der Waals surface area (Å²) in [6, 6.07) is 0. The van der Waals surface area contributed by atoms with Gasteiger partial charge in [0, 0.05) is 0 Å². The standard InChI is InChI=1S/C15H20O2/c16-15-10-2-9(10)13-7-1-8(14(13)15)6-4-12-11(17-12)3-5(6)7/h5-16H,1-4H2. The van der Waals surface area contributed by atoms with Crippen LogP contribution in [0, 0.1) is 47.3 Å². The first-order chi connectivity index (χ1) is 8.33. The van der Waals surface area contributed by atoms with E-state index in [1.54, 1.807) is 0 Å². The lowest BCUT2D eigenvalue weighted by atomic mass is 9.63. The molecule has 2 nitrogen and oxygen atoms in total. The molecule has 6 aliphatic rings. The second-order valence-electron chi connectivity index (χ2n) is 7.78. The number of ether oxygens (including phenoxy) is 1. The number of hydrogen-bond donors (Lipinski definition) is 1. The summed E-state index contributed by atoms with van der Waals surface area (Å²) in [6.07, 6.45) is 6.88. The first-order valence-electron chi connectivity index (χ1n) is 7.66. The predicted octanol–water partition coefficient (Wildman–Crippen LogP) is 1.67. The molecule has 2 bridgehead atoms. The number of aliphatic hydroxyl groups is 1. The molecule has 0 spiro atoms. The first-order valence-corrected chi connectivity index (χ1v) is 7.66. The highest BCUT2D eigenvalue weighted by Gasteiger charge is 2.72. The molecule has 92 valence electrons. The summed E-state index contributed by atoms with van der Waals surface area (Å²) in [5.74, 6) is 7.06. The number of epoxide rings is 1. The third-order valence-electron chi connectivity index (χ3n) is 7.54. The molecule has 5 aliphatic carbocycles. The van der Waals surface area contributed by atoms with Gasteiger partial charge in [-0.3, -0.25) is 0 Å². The molecule has 1 N–H and O–H groups in total. The van der Waals surface area contributed by atoms with E-state index in [0.29, 0.717) is 18.1 Å². The minimum Gasteiger partial charge on any atom is -0.393 e. The van der Waals surface area contributed by atoms with E-state index in [2.05, 4.69) is 0 Å². The fourth-order valence-electron chi connectivity index (χ4n) is 7.02. The Morgan fingerprint density at radius 3 is 2.00 bits per heavy atom. The lowest BCUT2D eigenvalue weighted by molar-refractivity contribution is 0.00730. The molecule has 5 saturated carbocycles. The van der Waals surface area contributed by atoms with Gasteiger partial charge in [0.1, 0.15) is 0 Å². The van der Waals surface area contributed by atoms with Gasteiger partial charge >= 0.3 is 0 Å². The molecule has 1 heterocycles. The minimum atomic E-state index is 0.0822. The van der Waals surface area contributed by atoms with E-state index >= 15 is 0 Å². The van der Waals surface area contributed by atoms with E-state index in [1.165, 1.54) is 25.7 Å². The number of hydrogen-bond acceptors (Lipinski definition) is 2. The van der Waals surface area contributed by atoms with Crippen LogP contribution in [-0.2, 0) is 4.74 Å². The van der Waals surface area contributed by atoms with E-state index < -0.39 is 0 Å². The summed E-state index contributed by atoms with van der Waals surface area (Å²) in [4.78, 5) is 0. The Hall–Kier alpha value is -0.0800. The van der Waals surface area contributed by atoms with Gasteiger partial charge in [-0.25, -0.2) is 0 Å². The van der Waals surface area contributed by atoms with Crippen molar-refractivity contribution in [3.8, 4) is 0 Å². The van der Waals surface area contributed by atoms with Gasteiger partial charge in [0.2, 0.25) is 0 Å². The van der Waals surface area contributed by atoms with Gasteiger partial charge in [0.05, 0.1) is 18.3 Å². The Labute approximate surface area is 102 Å². The van der Waals surface area contributed by atoms with Crippen LogP contribution in [0.15, 0.2) is 0 Å². The third-order valence-corrected chi connectivity index (χ3v) is 7.54. The zero-order valence-electron chi connectivity index (χ0n) is 10.0. The van der Waals surface area contributed by atoms with E-state index in [4.69, 9.17) is 4.74 Å². The van der Waals surface area contributed by atoms with Crippen LogP contribution in [0.4, 0.5) is 0 Å². The van der Waals surface area contributed by atoms with Gasteiger partial charge < -0.3 is 9.84 Å². The van der Waals surface area contributed by atoms with E-state index in [0.717, 1.165) is 41.4 Å². The minimum absolute atomic E-state index is 0.0822. The Bertz CT molecular complexity index is 386. The Balaban J connectivity index is 1.42. The summed E-state index contributed by atoms with van der Waals surface area (Å²) in [5, 5.41) is 10.5. The summed E-state index contributed by atoms with van der Waals surface area (Å²) in [6.45, 7) is 0. The Kier molecular flexibility index (Phi) is 1.29. The molecule has 1 aliphatic heterocycles. The third kappa shape index (κ3) is 0.859. The lowest BCUT2D eigenvalue weighted by Crippen LogP contribution is -2.41. The summed E-state index contributed by atoms with van der Waals surface area (Å²) in [5.41, 5.74) is 0. The molecule has 0 aromatic rings. The summed E-state index contributed by atoms with van der Waals surface area (Å²) >= 11 is 0. The maximum Gasteiger partial charge on any atom is 0.0844 e. The topological polar surface area (TPSA) is 32.8 Å². The van der Waals surface area contributed by atoms with Crippen molar-refractivity contribution in [3.63, 3.8) is 0 Å². The largest absolute Gasteiger partial charge is 0.393 e. The zero-order valence-corrected chi connectivity index (χ0v) is 10.0. The van der Waals surface area contributed by atoms with Crippen molar-refractivity contribution >= 4 is 0 Å². The van der Waals surface area contributed by atoms with Crippen molar-refractivity contribution in [1.82, 2.24) is 0 Å². The Morgan fingerprint density at radius 2 is 1.24 bits per heavy atom. The molecule has 6 fully saturated rings. The predicted molar refractivity (Wildman–Crippen MR) is 61.1 cm³/mol. The molecule has 0 amide bonds. The van der Waals surface area contributed by atoms with Crippen molar-refractivity contribution in [2.24, 2.45) is 47.3 Å². The van der Waals surface area contributed by atoms with Crippen LogP contribution in [0.5, 0.6) is 0 Å². The second kappa shape index (κ2) is 2.46. The molecular formula is C15H20O2. The Morgan fingerprint density at radius 1 is 0.647 bits per heavy atom. The van der Waals surface area contributed by atoms with Crippen molar-refractivity contribution in [2.75, 3.05) is 0 Å². The smallest absolute Gasteiger partial charge is 0.0844 e. The quantitative estimate of drug-likeness (QED) is 0.644.